The Bertz CT molecular complexity index is 588. The average Bonchev–Trinajstić information content (AvgIpc) is 2.80. The molecule has 1 aliphatic carbocycles. The van der Waals surface area contributed by atoms with E-state index < -0.39 is 0 Å². The lowest BCUT2D eigenvalue weighted by atomic mass is 9.85. The molecule has 102 valence electrons. The van der Waals surface area contributed by atoms with E-state index in [-0.39, 0.29) is 5.54 Å². The Labute approximate surface area is 112 Å². The third-order valence-electron chi connectivity index (χ3n) is 3.58. The van der Waals surface area contributed by atoms with Gasteiger partial charge in [-0.05, 0) is 33.6 Å². The van der Waals surface area contributed by atoms with Crippen molar-refractivity contribution in [1.82, 2.24) is 19.9 Å². The van der Waals surface area contributed by atoms with Crippen molar-refractivity contribution in [2.24, 2.45) is 0 Å². The minimum Gasteiger partial charge on any atom is -0.383 e. The van der Waals surface area contributed by atoms with Crippen molar-refractivity contribution in [1.29, 1.82) is 0 Å². The van der Waals surface area contributed by atoms with Gasteiger partial charge in [-0.3, -0.25) is 0 Å². The molecule has 1 saturated carbocycles. The van der Waals surface area contributed by atoms with Crippen molar-refractivity contribution in [3.63, 3.8) is 0 Å². The summed E-state index contributed by atoms with van der Waals surface area (Å²) >= 11 is 0. The first kappa shape index (κ1) is 12.2. The molecule has 0 spiro atoms. The van der Waals surface area contributed by atoms with Crippen LogP contribution in [0.2, 0.25) is 0 Å². The van der Waals surface area contributed by atoms with E-state index in [1.54, 1.807) is 10.9 Å². The second kappa shape index (κ2) is 4.08. The fourth-order valence-corrected chi connectivity index (χ4v) is 2.23. The van der Waals surface area contributed by atoms with E-state index in [0.717, 1.165) is 24.3 Å². The summed E-state index contributed by atoms with van der Waals surface area (Å²) in [7, 11) is 0. The van der Waals surface area contributed by atoms with Crippen LogP contribution < -0.4 is 5.73 Å². The summed E-state index contributed by atoms with van der Waals surface area (Å²) in [5, 5.41) is 8.35. The van der Waals surface area contributed by atoms with E-state index in [1.165, 1.54) is 6.42 Å². The Morgan fingerprint density at radius 2 is 2.11 bits per heavy atom. The maximum absolute atomic E-state index is 6.13. The molecule has 19 heavy (non-hydrogen) atoms. The number of nitrogens with two attached hydrogens (primary N) is 1. The quantitative estimate of drug-likeness (QED) is 0.898. The Morgan fingerprint density at radius 1 is 1.37 bits per heavy atom. The summed E-state index contributed by atoms with van der Waals surface area (Å²) in [4.78, 5) is 4.45. The van der Waals surface area contributed by atoms with E-state index in [4.69, 9.17) is 10.3 Å². The summed E-state index contributed by atoms with van der Waals surface area (Å²) in [5.74, 6) is 2.27. The van der Waals surface area contributed by atoms with Crippen molar-refractivity contribution in [3.8, 4) is 11.4 Å². The molecule has 0 radical (unpaired) electrons. The smallest absolute Gasteiger partial charge is 0.230 e. The van der Waals surface area contributed by atoms with Crippen molar-refractivity contribution >= 4 is 5.82 Å². The first-order chi connectivity index (χ1) is 8.97. The van der Waals surface area contributed by atoms with Crippen molar-refractivity contribution in [3.05, 3.63) is 12.1 Å². The zero-order valence-corrected chi connectivity index (χ0v) is 11.6. The molecule has 0 atom stereocenters. The lowest BCUT2D eigenvalue weighted by Gasteiger charge is -2.20. The Balaban J connectivity index is 1.94. The molecule has 0 saturated heterocycles. The molecule has 6 nitrogen and oxygen atoms in total. The van der Waals surface area contributed by atoms with Gasteiger partial charge >= 0.3 is 0 Å². The topological polar surface area (TPSA) is 82.8 Å². The van der Waals surface area contributed by atoms with Crippen LogP contribution in [-0.2, 0) is 5.54 Å². The molecule has 0 bridgehead atoms. The van der Waals surface area contributed by atoms with E-state index in [1.807, 2.05) is 0 Å². The Kier molecular flexibility index (Phi) is 2.62. The van der Waals surface area contributed by atoms with Crippen molar-refractivity contribution in [2.45, 2.75) is 51.5 Å². The van der Waals surface area contributed by atoms with Gasteiger partial charge in [0.15, 0.2) is 0 Å². The van der Waals surface area contributed by atoms with Gasteiger partial charge in [-0.15, -0.1) is 0 Å². The molecule has 0 aliphatic heterocycles. The number of nitrogen functional groups attached to an aromatic ring is 1. The van der Waals surface area contributed by atoms with Crippen LogP contribution in [0.3, 0.4) is 0 Å². The van der Waals surface area contributed by atoms with E-state index in [9.17, 15) is 0 Å². The lowest BCUT2D eigenvalue weighted by molar-refractivity contribution is 0.292. The van der Waals surface area contributed by atoms with Crippen molar-refractivity contribution in [2.75, 3.05) is 5.73 Å². The Morgan fingerprint density at radius 3 is 2.63 bits per heavy atom. The van der Waals surface area contributed by atoms with Crippen LogP contribution in [0, 0.1) is 0 Å². The Hall–Kier alpha value is -1.85. The molecule has 2 N–H and O–H groups in total. The van der Waals surface area contributed by atoms with Gasteiger partial charge in [0, 0.05) is 5.92 Å². The SMILES string of the molecule is CC(C)(C)n1ncc(-c2noc(C3CCC3)n2)c1N. The monoisotopic (exact) mass is 261 g/mol. The molecule has 2 aromatic heterocycles. The number of nitrogens with zero attached hydrogens (tertiary/aromatic N) is 4. The van der Waals surface area contributed by atoms with Crippen LogP contribution in [-0.4, -0.2) is 19.9 Å². The third-order valence-corrected chi connectivity index (χ3v) is 3.58. The fourth-order valence-electron chi connectivity index (χ4n) is 2.23. The van der Waals surface area contributed by atoms with Crippen LogP contribution in [0.25, 0.3) is 11.4 Å². The van der Waals surface area contributed by atoms with Crippen LogP contribution in [0.5, 0.6) is 0 Å². The summed E-state index contributed by atoms with van der Waals surface area (Å²) in [6.07, 6.45) is 5.22. The van der Waals surface area contributed by atoms with Crippen molar-refractivity contribution < 1.29 is 4.52 Å². The molecule has 1 fully saturated rings. The maximum Gasteiger partial charge on any atom is 0.230 e. The number of hydrogen-bond acceptors (Lipinski definition) is 5. The van der Waals surface area contributed by atoms with Crippen LogP contribution in [0.15, 0.2) is 10.7 Å². The van der Waals surface area contributed by atoms with Gasteiger partial charge in [-0.2, -0.15) is 10.1 Å². The number of aromatic nitrogens is 4. The van der Waals surface area contributed by atoms with E-state index in [0.29, 0.717) is 17.6 Å². The second-order valence-electron chi connectivity index (χ2n) is 6.11. The van der Waals surface area contributed by atoms with Gasteiger partial charge < -0.3 is 10.3 Å². The predicted molar refractivity (Wildman–Crippen MR) is 71.5 cm³/mol. The minimum atomic E-state index is -0.164. The summed E-state index contributed by atoms with van der Waals surface area (Å²) in [5.41, 5.74) is 6.71. The second-order valence-corrected chi connectivity index (χ2v) is 6.11. The molecule has 2 aromatic rings. The first-order valence-corrected chi connectivity index (χ1v) is 6.65. The number of rotatable bonds is 2. The average molecular weight is 261 g/mol. The third kappa shape index (κ3) is 2.01. The molecule has 6 heteroatoms. The summed E-state index contributed by atoms with van der Waals surface area (Å²) < 4.78 is 7.10. The fraction of sp³-hybridized carbons (Fsp3) is 0.615. The molecule has 0 amide bonds. The number of hydrogen-bond donors (Lipinski definition) is 1. The molecule has 0 aromatic carbocycles. The zero-order valence-electron chi connectivity index (χ0n) is 11.6. The molecule has 0 unspecified atom stereocenters. The van der Waals surface area contributed by atoms with Gasteiger partial charge in [-0.1, -0.05) is 11.6 Å². The summed E-state index contributed by atoms with van der Waals surface area (Å²) in [6, 6.07) is 0. The molecular weight excluding hydrogens is 242 g/mol. The first-order valence-electron chi connectivity index (χ1n) is 6.65. The van der Waals surface area contributed by atoms with Crippen LogP contribution >= 0.6 is 0 Å². The van der Waals surface area contributed by atoms with E-state index >= 15 is 0 Å². The van der Waals surface area contributed by atoms with Crippen LogP contribution in [0.4, 0.5) is 5.82 Å². The highest BCUT2D eigenvalue weighted by molar-refractivity contribution is 5.67. The van der Waals surface area contributed by atoms with Gasteiger partial charge in [0.1, 0.15) is 5.82 Å². The highest BCUT2D eigenvalue weighted by Crippen LogP contribution is 2.36. The largest absolute Gasteiger partial charge is 0.383 e. The molecule has 3 rings (SSSR count). The highest BCUT2D eigenvalue weighted by Gasteiger charge is 2.27. The van der Waals surface area contributed by atoms with Crippen LogP contribution in [0.1, 0.15) is 51.8 Å². The van der Waals surface area contributed by atoms with Gasteiger partial charge in [-0.25, -0.2) is 4.68 Å². The zero-order chi connectivity index (χ0) is 13.6. The predicted octanol–water partition coefficient (Wildman–Crippen LogP) is 2.54. The molecule has 1 aliphatic rings. The standard InChI is InChI=1S/C13H19N5O/c1-13(2,3)18-10(14)9(7-15-18)11-16-12(19-17-11)8-5-4-6-8/h7-8H,4-6,14H2,1-3H3. The summed E-state index contributed by atoms with van der Waals surface area (Å²) in [6.45, 7) is 6.16. The highest BCUT2D eigenvalue weighted by atomic mass is 16.5. The van der Waals surface area contributed by atoms with E-state index in [2.05, 4.69) is 36.0 Å². The normalized spacial score (nSPS) is 16.6. The maximum atomic E-state index is 6.13. The van der Waals surface area contributed by atoms with Gasteiger partial charge in [0.05, 0.1) is 17.3 Å². The lowest BCUT2D eigenvalue weighted by Crippen LogP contribution is -2.24. The van der Waals surface area contributed by atoms with Gasteiger partial charge in [0.2, 0.25) is 11.7 Å². The molecular formula is C13H19N5O. The van der Waals surface area contributed by atoms with Gasteiger partial charge in [0.25, 0.3) is 0 Å². The minimum absolute atomic E-state index is 0.164. The number of anilines is 1. The molecule has 2 heterocycles.